The van der Waals surface area contributed by atoms with Gasteiger partial charge in [0.25, 0.3) is 0 Å². The molecule has 0 saturated carbocycles. The number of aromatic nitrogens is 3. The number of hydrogen-bond acceptors (Lipinski definition) is 5. The monoisotopic (exact) mass is 305 g/mol. The number of benzene rings is 1. The van der Waals surface area contributed by atoms with Crippen molar-refractivity contribution in [1.29, 1.82) is 0 Å². The van der Waals surface area contributed by atoms with Gasteiger partial charge in [0, 0.05) is 31.4 Å². The highest BCUT2D eigenvalue weighted by Gasteiger charge is 2.33. The van der Waals surface area contributed by atoms with Crippen LogP contribution in [0.5, 0.6) is 0 Å². The molecule has 1 fully saturated rings. The van der Waals surface area contributed by atoms with Crippen LogP contribution < -0.4 is 10.6 Å². The molecule has 116 valence electrons. The molecule has 2 aromatic heterocycles. The summed E-state index contributed by atoms with van der Waals surface area (Å²) in [6.45, 7) is 2.54. The average Bonchev–Trinajstić information content (AvgIpc) is 3.06. The zero-order valence-corrected chi connectivity index (χ0v) is 12.8. The molecular formula is C18H19N5. The predicted molar refractivity (Wildman–Crippen MR) is 91.3 cm³/mol. The third-order valence-corrected chi connectivity index (χ3v) is 4.61. The Morgan fingerprint density at radius 2 is 1.83 bits per heavy atom. The van der Waals surface area contributed by atoms with E-state index in [1.54, 1.807) is 12.4 Å². The lowest BCUT2D eigenvalue weighted by Crippen LogP contribution is -2.23. The van der Waals surface area contributed by atoms with Crippen LogP contribution in [0.25, 0.3) is 11.2 Å². The van der Waals surface area contributed by atoms with Crippen molar-refractivity contribution < 1.29 is 0 Å². The second kappa shape index (κ2) is 5.93. The van der Waals surface area contributed by atoms with Crippen molar-refractivity contribution in [2.24, 2.45) is 11.7 Å². The molecule has 3 aromatic rings. The summed E-state index contributed by atoms with van der Waals surface area (Å²) in [7, 11) is 0. The number of pyridine rings is 1. The normalized spacial score (nSPS) is 21.0. The number of fused-ring (bicyclic) bond motifs is 1. The summed E-state index contributed by atoms with van der Waals surface area (Å²) in [5.41, 5.74) is 8.89. The molecule has 5 nitrogen and oxygen atoms in total. The minimum absolute atomic E-state index is 0.441. The first kappa shape index (κ1) is 14.1. The van der Waals surface area contributed by atoms with Crippen LogP contribution in [-0.4, -0.2) is 34.6 Å². The summed E-state index contributed by atoms with van der Waals surface area (Å²) in [6, 6.07) is 14.6. The molecule has 23 heavy (non-hydrogen) atoms. The number of nitrogens with two attached hydrogens (primary N) is 1. The summed E-state index contributed by atoms with van der Waals surface area (Å²) in [5, 5.41) is 0. The maximum absolute atomic E-state index is 6.02. The fourth-order valence-electron chi connectivity index (χ4n) is 3.40. The Bertz CT molecular complexity index is 805. The predicted octanol–water partition coefficient (Wildman–Crippen LogP) is 2.20. The Morgan fingerprint density at radius 3 is 2.65 bits per heavy atom. The van der Waals surface area contributed by atoms with Gasteiger partial charge >= 0.3 is 0 Å². The zero-order chi connectivity index (χ0) is 15.6. The van der Waals surface area contributed by atoms with Gasteiger partial charge < -0.3 is 10.6 Å². The van der Waals surface area contributed by atoms with Crippen molar-refractivity contribution in [3.8, 4) is 0 Å². The molecule has 0 spiro atoms. The van der Waals surface area contributed by atoms with Crippen molar-refractivity contribution in [2.75, 3.05) is 24.5 Å². The molecule has 0 aliphatic carbocycles. The van der Waals surface area contributed by atoms with Gasteiger partial charge in [0.2, 0.25) is 0 Å². The minimum atomic E-state index is 0.441. The van der Waals surface area contributed by atoms with Crippen LogP contribution in [0.4, 0.5) is 5.82 Å². The van der Waals surface area contributed by atoms with Crippen molar-refractivity contribution in [3.05, 3.63) is 60.4 Å². The van der Waals surface area contributed by atoms with Gasteiger partial charge in [0.1, 0.15) is 11.3 Å². The van der Waals surface area contributed by atoms with Crippen molar-refractivity contribution in [1.82, 2.24) is 15.0 Å². The number of rotatable bonds is 3. The first-order chi connectivity index (χ1) is 11.3. The fraction of sp³-hybridized carbons (Fsp3) is 0.278. The van der Waals surface area contributed by atoms with Gasteiger partial charge in [-0.05, 0) is 30.2 Å². The van der Waals surface area contributed by atoms with E-state index in [0.29, 0.717) is 24.0 Å². The highest BCUT2D eigenvalue weighted by atomic mass is 15.2. The van der Waals surface area contributed by atoms with E-state index in [9.17, 15) is 0 Å². The second-order valence-corrected chi connectivity index (χ2v) is 5.99. The molecular weight excluding hydrogens is 286 g/mol. The Labute approximate surface area is 135 Å². The zero-order valence-electron chi connectivity index (χ0n) is 12.8. The number of nitrogens with zero attached hydrogens (tertiary/aromatic N) is 4. The van der Waals surface area contributed by atoms with Gasteiger partial charge in [-0.2, -0.15) is 0 Å². The third-order valence-electron chi connectivity index (χ3n) is 4.61. The first-order valence-electron chi connectivity index (χ1n) is 7.93. The molecule has 5 heteroatoms. The molecule has 1 aliphatic heterocycles. The van der Waals surface area contributed by atoms with E-state index in [4.69, 9.17) is 5.73 Å². The average molecular weight is 305 g/mol. The molecule has 2 atom stereocenters. The highest BCUT2D eigenvalue weighted by Crippen LogP contribution is 2.34. The van der Waals surface area contributed by atoms with Crippen LogP contribution in [0.1, 0.15) is 11.5 Å². The molecule has 0 radical (unpaired) electrons. The third kappa shape index (κ3) is 2.64. The summed E-state index contributed by atoms with van der Waals surface area (Å²) in [4.78, 5) is 15.6. The molecule has 3 heterocycles. The van der Waals surface area contributed by atoms with E-state index in [1.807, 2.05) is 12.1 Å². The van der Waals surface area contributed by atoms with E-state index < -0.39 is 0 Å². The van der Waals surface area contributed by atoms with Crippen LogP contribution in [-0.2, 0) is 0 Å². The van der Waals surface area contributed by atoms with Crippen molar-refractivity contribution in [2.45, 2.75) is 5.92 Å². The summed E-state index contributed by atoms with van der Waals surface area (Å²) in [6.07, 6.45) is 3.37. The SMILES string of the molecule is NC[C@@H]1CN(c2ccc3nccnc3n2)C[C@H]1c1ccccc1. The van der Waals surface area contributed by atoms with E-state index in [0.717, 1.165) is 24.4 Å². The van der Waals surface area contributed by atoms with Gasteiger partial charge in [-0.1, -0.05) is 30.3 Å². The summed E-state index contributed by atoms with van der Waals surface area (Å²) >= 11 is 0. The Hall–Kier alpha value is -2.53. The molecule has 0 bridgehead atoms. The number of hydrogen-bond donors (Lipinski definition) is 1. The molecule has 1 aliphatic rings. The van der Waals surface area contributed by atoms with E-state index >= 15 is 0 Å². The second-order valence-electron chi connectivity index (χ2n) is 5.99. The van der Waals surface area contributed by atoms with Crippen molar-refractivity contribution in [3.63, 3.8) is 0 Å². The van der Waals surface area contributed by atoms with E-state index in [2.05, 4.69) is 50.2 Å². The fourth-order valence-corrected chi connectivity index (χ4v) is 3.40. The summed E-state index contributed by atoms with van der Waals surface area (Å²) < 4.78 is 0. The molecule has 1 aromatic carbocycles. The minimum Gasteiger partial charge on any atom is -0.356 e. The Balaban J connectivity index is 1.64. The van der Waals surface area contributed by atoms with E-state index in [-0.39, 0.29) is 0 Å². The van der Waals surface area contributed by atoms with E-state index in [1.165, 1.54) is 5.56 Å². The quantitative estimate of drug-likeness (QED) is 0.803. The maximum Gasteiger partial charge on any atom is 0.180 e. The lowest BCUT2D eigenvalue weighted by molar-refractivity contribution is 0.532. The molecule has 4 rings (SSSR count). The maximum atomic E-state index is 6.02. The van der Waals surface area contributed by atoms with Gasteiger partial charge in [0.15, 0.2) is 5.65 Å². The van der Waals surface area contributed by atoms with Crippen LogP contribution in [0.15, 0.2) is 54.9 Å². The highest BCUT2D eigenvalue weighted by molar-refractivity contribution is 5.71. The van der Waals surface area contributed by atoms with Crippen LogP contribution in [0.2, 0.25) is 0 Å². The van der Waals surface area contributed by atoms with Gasteiger partial charge in [-0.25, -0.2) is 9.97 Å². The van der Waals surface area contributed by atoms with Crippen LogP contribution in [0, 0.1) is 5.92 Å². The van der Waals surface area contributed by atoms with Gasteiger partial charge in [-0.3, -0.25) is 4.98 Å². The standard InChI is InChI=1S/C18H19N5/c19-10-14-11-23(12-15(14)13-4-2-1-3-5-13)17-7-6-16-18(22-17)21-9-8-20-16/h1-9,14-15H,10-12,19H2/t14-,15+/m1/s1. The summed E-state index contributed by atoms with van der Waals surface area (Å²) in [5.74, 6) is 1.84. The molecule has 1 saturated heterocycles. The van der Waals surface area contributed by atoms with Crippen molar-refractivity contribution >= 4 is 17.0 Å². The van der Waals surface area contributed by atoms with Gasteiger partial charge in [-0.15, -0.1) is 0 Å². The molecule has 0 amide bonds. The Morgan fingerprint density at radius 1 is 1.00 bits per heavy atom. The largest absolute Gasteiger partial charge is 0.356 e. The van der Waals surface area contributed by atoms with Gasteiger partial charge in [0.05, 0.1) is 0 Å². The first-order valence-corrected chi connectivity index (χ1v) is 7.93. The molecule has 2 N–H and O–H groups in total. The topological polar surface area (TPSA) is 67.9 Å². The van der Waals surface area contributed by atoms with Crippen LogP contribution in [0.3, 0.4) is 0 Å². The lowest BCUT2D eigenvalue weighted by atomic mass is 9.89. The molecule has 0 unspecified atom stereocenters. The number of anilines is 1. The van der Waals surface area contributed by atoms with Crippen LogP contribution >= 0.6 is 0 Å². The smallest absolute Gasteiger partial charge is 0.180 e. The Kier molecular flexibility index (Phi) is 3.63. The lowest BCUT2D eigenvalue weighted by Gasteiger charge is -2.17.